The van der Waals surface area contributed by atoms with Crippen molar-refractivity contribution in [3.8, 4) is 0 Å². The molecule has 0 unspecified atom stereocenters. The summed E-state index contributed by atoms with van der Waals surface area (Å²) in [7, 11) is 3.54. The van der Waals surface area contributed by atoms with E-state index in [1.807, 2.05) is 18.2 Å². The molecule has 0 bridgehead atoms. The van der Waals surface area contributed by atoms with Crippen LogP contribution in [0.2, 0.25) is 0 Å². The van der Waals surface area contributed by atoms with Gasteiger partial charge in [-0.05, 0) is 36.0 Å². The SMILES string of the molecule is COC(=O)Cc1ccccc1CN(C)CCc1cccs1. The molecule has 0 saturated carbocycles. The van der Waals surface area contributed by atoms with Crippen molar-refractivity contribution in [3.05, 3.63) is 57.8 Å². The standard InChI is InChI=1S/C17H21NO2S/c1-18(10-9-16-8-5-11-21-16)13-15-7-4-3-6-14(15)12-17(19)20-2/h3-8,11H,9-10,12-13H2,1-2H3. The lowest BCUT2D eigenvalue weighted by Crippen LogP contribution is -2.21. The largest absolute Gasteiger partial charge is 0.469 e. The van der Waals surface area contributed by atoms with Crippen molar-refractivity contribution in [1.29, 1.82) is 0 Å². The minimum atomic E-state index is -0.191. The number of rotatable bonds is 7. The first kappa shape index (κ1) is 15.7. The van der Waals surface area contributed by atoms with Crippen LogP contribution in [0.4, 0.5) is 0 Å². The molecule has 0 aliphatic rings. The highest BCUT2D eigenvalue weighted by Gasteiger charge is 2.09. The van der Waals surface area contributed by atoms with Gasteiger partial charge in [-0.15, -0.1) is 11.3 Å². The number of carbonyl (C=O) groups is 1. The van der Waals surface area contributed by atoms with Gasteiger partial charge >= 0.3 is 5.97 Å². The molecule has 0 radical (unpaired) electrons. The molecule has 1 heterocycles. The van der Waals surface area contributed by atoms with Gasteiger partial charge in [-0.25, -0.2) is 0 Å². The fourth-order valence-corrected chi connectivity index (χ4v) is 2.94. The number of ether oxygens (including phenoxy) is 1. The molecular weight excluding hydrogens is 282 g/mol. The number of benzene rings is 1. The summed E-state index contributed by atoms with van der Waals surface area (Å²) in [5.41, 5.74) is 2.24. The third-order valence-electron chi connectivity index (χ3n) is 3.44. The summed E-state index contributed by atoms with van der Waals surface area (Å²) in [5.74, 6) is -0.191. The summed E-state index contributed by atoms with van der Waals surface area (Å²) in [4.78, 5) is 15.2. The highest BCUT2D eigenvalue weighted by Crippen LogP contribution is 2.14. The second-order valence-corrected chi connectivity index (χ2v) is 6.12. The minimum absolute atomic E-state index is 0.191. The maximum atomic E-state index is 11.5. The van der Waals surface area contributed by atoms with Crippen molar-refractivity contribution in [2.45, 2.75) is 19.4 Å². The number of methoxy groups -OCH3 is 1. The quantitative estimate of drug-likeness (QED) is 0.736. The van der Waals surface area contributed by atoms with Gasteiger partial charge < -0.3 is 9.64 Å². The summed E-state index contributed by atoms with van der Waals surface area (Å²) in [5, 5.41) is 2.11. The van der Waals surface area contributed by atoms with Crippen LogP contribution in [0.5, 0.6) is 0 Å². The molecule has 0 saturated heterocycles. The number of hydrogen-bond acceptors (Lipinski definition) is 4. The van der Waals surface area contributed by atoms with Gasteiger partial charge in [0.05, 0.1) is 13.5 Å². The van der Waals surface area contributed by atoms with E-state index < -0.39 is 0 Å². The Bertz CT molecular complexity index is 566. The highest BCUT2D eigenvalue weighted by atomic mass is 32.1. The van der Waals surface area contributed by atoms with E-state index in [0.717, 1.165) is 25.1 Å². The molecule has 21 heavy (non-hydrogen) atoms. The van der Waals surface area contributed by atoms with Crippen LogP contribution in [0, 0.1) is 0 Å². The molecule has 0 spiro atoms. The molecule has 3 nitrogen and oxygen atoms in total. The van der Waals surface area contributed by atoms with Gasteiger partial charge in [0, 0.05) is 18.0 Å². The summed E-state index contributed by atoms with van der Waals surface area (Å²) >= 11 is 1.80. The van der Waals surface area contributed by atoms with Crippen molar-refractivity contribution in [3.63, 3.8) is 0 Å². The van der Waals surface area contributed by atoms with Crippen LogP contribution < -0.4 is 0 Å². The normalized spacial score (nSPS) is 10.8. The molecule has 2 aromatic rings. The lowest BCUT2D eigenvalue weighted by molar-refractivity contribution is -0.139. The summed E-state index contributed by atoms with van der Waals surface area (Å²) in [6.45, 7) is 1.85. The zero-order valence-electron chi connectivity index (χ0n) is 12.5. The van der Waals surface area contributed by atoms with E-state index in [2.05, 4.69) is 35.5 Å². The molecule has 0 N–H and O–H groups in total. The minimum Gasteiger partial charge on any atom is -0.469 e. The third kappa shape index (κ3) is 4.99. The monoisotopic (exact) mass is 303 g/mol. The molecule has 0 amide bonds. The van der Waals surface area contributed by atoms with Crippen LogP contribution in [-0.4, -0.2) is 31.6 Å². The summed E-state index contributed by atoms with van der Waals surface area (Å²) < 4.78 is 4.76. The van der Waals surface area contributed by atoms with Gasteiger partial charge in [-0.2, -0.15) is 0 Å². The lowest BCUT2D eigenvalue weighted by atomic mass is 10.0. The maximum Gasteiger partial charge on any atom is 0.309 e. The van der Waals surface area contributed by atoms with Crippen LogP contribution in [0.3, 0.4) is 0 Å². The molecule has 1 aromatic heterocycles. The van der Waals surface area contributed by atoms with Gasteiger partial charge in [0.2, 0.25) is 0 Å². The molecule has 1 aromatic carbocycles. The molecule has 0 atom stereocenters. The Morgan fingerprint density at radius 3 is 2.62 bits per heavy atom. The zero-order chi connectivity index (χ0) is 15.1. The average Bonchev–Trinajstić information content (AvgIpc) is 3.00. The number of esters is 1. The molecular formula is C17H21NO2S. The van der Waals surface area contributed by atoms with E-state index in [-0.39, 0.29) is 5.97 Å². The smallest absolute Gasteiger partial charge is 0.309 e. The van der Waals surface area contributed by atoms with Crippen molar-refractivity contribution >= 4 is 17.3 Å². The zero-order valence-corrected chi connectivity index (χ0v) is 13.4. The fraction of sp³-hybridized carbons (Fsp3) is 0.353. The molecule has 0 aliphatic carbocycles. The van der Waals surface area contributed by atoms with Crippen molar-refractivity contribution in [2.75, 3.05) is 20.7 Å². The summed E-state index contributed by atoms with van der Waals surface area (Å²) in [6.07, 6.45) is 1.40. The number of thiophene rings is 1. The Morgan fingerprint density at radius 1 is 1.19 bits per heavy atom. The fourth-order valence-electron chi connectivity index (χ4n) is 2.24. The van der Waals surface area contributed by atoms with Crippen LogP contribution in [0.15, 0.2) is 41.8 Å². The second kappa shape index (κ2) is 7.96. The Hall–Kier alpha value is -1.65. The summed E-state index contributed by atoms with van der Waals surface area (Å²) in [6, 6.07) is 12.3. The predicted molar refractivity (Wildman–Crippen MR) is 86.5 cm³/mol. The van der Waals surface area contributed by atoms with Gasteiger partial charge in [0.15, 0.2) is 0 Å². The van der Waals surface area contributed by atoms with Crippen molar-refractivity contribution in [1.82, 2.24) is 4.90 Å². The lowest BCUT2D eigenvalue weighted by Gasteiger charge is -2.18. The Labute approximate surface area is 130 Å². The first-order valence-corrected chi connectivity index (χ1v) is 7.91. The van der Waals surface area contributed by atoms with E-state index in [4.69, 9.17) is 4.74 Å². The van der Waals surface area contributed by atoms with Gasteiger partial charge in [-0.1, -0.05) is 30.3 Å². The van der Waals surface area contributed by atoms with E-state index in [1.165, 1.54) is 17.6 Å². The number of nitrogens with zero attached hydrogens (tertiary/aromatic N) is 1. The molecule has 2 rings (SSSR count). The number of hydrogen-bond donors (Lipinski definition) is 0. The molecule has 0 fully saturated rings. The Morgan fingerprint density at radius 2 is 1.95 bits per heavy atom. The van der Waals surface area contributed by atoms with Crippen LogP contribution in [-0.2, 0) is 28.9 Å². The van der Waals surface area contributed by atoms with Crippen LogP contribution >= 0.6 is 11.3 Å². The predicted octanol–water partition coefficient (Wildman–Crippen LogP) is 3.14. The number of likely N-dealkylation sites (N-methyl/N-ethyl adjacent to an activating group) is 1. The molecule has 0 aliphatic heterocycles. The van der Waals surface area contributed by atoms with E-state index >= 15 is 0 Å². The third-order valence-corrected chi connectivity index (χ3v) is 4.38. The average molecular weight is 303 g/mol. The van der Waals surface area contributed by atoms with E-state index in [0.29, 0.717) is 6.42 Å². The van der Waals surface area contributed by atoms with Crippen molar-refractivity contribution < 1.29 is 9.53 Å². The van der Waals surface area contributed by atoms with Crippen LogP contribution in [0.25, 0.3) is 0 Å². The second-order valence-electron chi connectivity index (χ2n) is 5.09. The number of carbonyl (C=O) groups excluding carboxylic acids is 1. The van der Waals surface area contributed by atoms with Gasteiger partial charge in [-0.3, -0.25) is 4.79 Å². The molecule has 112 valence electrons. The van der Waals surface area contributed by atoms with Gasteiger partial charge in [0.25, 0.3) is 0 Å². The first-order valence-electron chi connectivity index (χ1n) is 7.03. The highest BCUT2D eigenvalue weighted by molar-refractivity contribution is 7.09. The van der Waals surface area contributed by atoms with Crippen LogP contribution in [0.1, 0.15) is 16.0 Å². The topological polar surface area (TPSA) is 29.5 Å². The van der Waals surface area contributed by atoms with E-state index in [9.17, 15) is 4.79 Å². The first-order chi connectivity index (χ1) is 10.2. The Kier molecular flexibility index (Phi) is 5.96. The van der Waals surface area contributed by atoms with Crippen molar-refractivity contribution in [2.24, 2.45) is 0 Å². The van der Waals surface area contributed by atoms with E-state index in [1.54, 1.807) is 11.3 Å². The maximum absolute atomic E-state index is 11.5. The molecule has 4 heteroatoms. The van der Waals surface area contributed by atoms with Gasteiger partial charge in [0.1, 0.15) is 0 Å². The Balaban J connectivity index is 1.93.